The fourth-order valence-electron chi connectivity index (χ4n) is 4.41. The predicted molar refractivity (Wildman–Crippen MR) is 158 cm³/mol. The van der Waals surface area contributed by atoms with Gasteiger partial charge < -0.3 is 0 Å². The molecular formula is C29H46O2S2Sn. The van der Waals surface area contributed by atoms with Gasteiger partial charge in [0.2, 0.25) is 0 Å². The number of thiophene rings is 2. The molecule has 0 bridgehead atoms. The van der Waals surface area contributed by atoms with E-state index in [1.54, 1.807) is 14.2 Å². The summed E-state index contributed by atoms with van der Waals surface area (Å²) in [6.45, 7) is 6.18. The molecule has 2 heterocycles. The van der Waals surface area contributed by atoms with Crippen LogP contribution < -0.4 is 12.4 Å². The molecule has 5 heteroatoms. The van der Waals surface area contributed by atoms with Crippen LogP contribution in [0.3, 0.4) is 0 Å². The second kappa shape index (κ2) is 14.3. The van der Waals surface area contributed by atoms with Gasteiger partial charge in [0.05, 0.1) is 0 Å². The minimum atomic E-state index is -2.21. The molecular weight excluding hydrogens is 563 g/mol. The number of fused-ring (bicyclic) bond motifs is 2. The monoisotopic (exact) mass is 610 g/mol. The quantitative estimate of drug-likeness (QED) is 0.112. The Balaban J connectivity index is 1.79. The van der Waals surface area contributed by atoms with Crippen LogP contribution in [0.2, 0.25) is 14.8 Å². The zero-order valence-corrected chi connectivity index (χ0v) is 26.8. The third-order valence-electron chi connectivity index (χ3n) is 6.53. The van der Waals surface area contributed by atoms with Gasteiger partial charge in [-0.15, -0.1) is 0 Å². The van der Waals surface area contributed by atoms with Crippen molar-refractivity contribution in [3.8, 4) is 11.5 Å². The zero-order chi connectivity index (χ0) is 24.4. The Kier molecular flexibility index (Phi) is 11.8. The van der Waals surface area contributed by atoms with Crippen molar-refractivity contribution in [3.63, 3.8) is 0 Å². The van der Waals surface area contributed by atoms with E-state index >= 15 is 0 Å². The summed E-state index contributed by atoms with van der Waals surface area (Å²) in [6, 6.07) is 4.71. The summed E-state index contributed by atoms with van der Waals surface area (Å²) < 4.78 is 17.3. The SMILES string of the molecule is CCCCCCCCOc1c2c[c]([Sn]([CH3])([CH3])[CH3])sc2c(OCCCCCCCC)c2ccsc12. The number of hydrogen-bond donors (Lipinski definition) is 0. The molecule has 0 fully saturated rings. The Morgan fingerprint density at radius 3 is 1.76 bits per heavy atom. The first-order valence-corrected chi connectivity index (χ1v) is 25.4. The maximum atomic E-state index is 6.54. The molecule has 0 saturated heterocycles. The predicted octanol–water partition coefficient (Wildman–Crippen LogP) is 10.1. The van der Waals surface area contributed by atoms with Crippen molar-refractivity contribution in [1.29, 1.82) is 0 Å². The summed E-state index contributed by atoms with van der Waals surface area (Å²) in [7, 11) is 0. The van der Waals surface area contributed by atoms with E-state index in [4.69, 9.17) is 9.47 Å². The van der Waals surface area contributed by atoms with Gasteiger partial charge in [-0.25, -0.2) is 0 Å². The van der Waals surface area contributed by atoms with E-state index in [0.717, 1.165) is 37.6 Å². The van der Waals surface area contributed by atoms with Crippen LogP contribution in [0, 0.1) is 0 Å². The molecule has 190 valence electrons. The first kappa shape index (κ1) is 28.1. The Bertz CT molecular complexity index is 929. The first-order valence-electron chi connectivity index (χ1n) is 13.7. The van der Waals surface area contributed by atoms with Crippen molar-refractivity contribution in [2.75, 3.05) is 13.2 Å². The fourth-order valence-corrected chi connectivity index (χ4v) is 11.7. The van der Waals surface area contributed by atoms with Crippen molar-refractivity contribution in [2.45, 2.75) is 106 Å². The van der Waals surface area contributed by atoms with Gasteiger partial charge in [-0.2, -0.15) is 0 Å². The van der Waals surface area contributed by atoms with Gasteiger partial charge in [0, 0.05) is 0 Å². The normalized spacial score (nSPS) is 12.1. The molecule has 0 amide bonds. The summed E-state index contributed by atoms with van der Waals surface area (Å²) in [4.78, 5) is 7.53. The second-order valence-corrected chi connectivity index (χ2v) is 28.0. The van der Waals surface area contributed by atoms with Crippen LogP contribution in [0.1, 0.15) is 90.9 Å². The van der Waals surface area contributed by atoms with E-state index in [0.29, 0.717) is 0 Å². The Labute approximate surface area is 220 Å². The molecule has 0 atom stereocenters. The number of ether oxygens (including phenoxy) is 2. The number of benzene rings is 1. The van der Waals surface area contributed by atoms with Crippen LogP contribution in [0.5, 0.6) is 11.5 Å². The van der Waals surface area contributed by atoms with Crippen LogP contribution in [0.25, 0.3) is 20.2 Å². The Morgan fingerprint density at radius 2 is 1.21 bits per heavy atom. The summed E-state index contributed by atoms with van der Waals surface area (Å²) >= 11 is 1.58. The molecule has 0 aliphatic heterocycles. The minimum absolute atomic E-state index is 0.816. The van der Waals surface area contributed by atoms with Gasteiger partial charge in [-0.1, -0.05) is 13.8 Å². The van der Waals surface area contributed by atoms with Crippen LogP contribution >= 0.6 is 22.7 Å². The van der Waals surface area contributed by atoms with E-state index in [1.165, 1.54) is 84.4 Å². The molecule has 2 aromatic heterocycles. The van der Waals surface area contributed by atoms with E-state index in [-0.39, 0.29) is 0 Å². The van der Waals surface area contributed by atoms with Crippen LogP contribution in [-0.4, -0.2) is 31.6 Å². The van der Waals surface area contributed by atoms with Gasteiger partial charge in [-0.05, 0) is 0 Å². The molecule has 0 N–H and O–H groups in total. The molecule has 2 nitrogen and oxygen atoms in total. The van der Waals surface area contributed by atoms with Crippen LogP contribution in [-0.2, 0) is 0 Å². The fraction of sp³-hybridized carbons (Fsp3) is 0.655. The van der Waals surface area contributed by atoms with Gasteiger partial charge >= 0.3 is 208 Å². The number of unbranched alkanes of at least 4 members (excludes halogenated alkanes) is 10. The third-order valence-corrected chi connectivity index (χ3v) is 18.0. The molecule has 0 aliphatic carbocycles. The van der Waals surface area contributed by atoms with Crippen molar-refractivity contribution >= 4 is 64.1 Å². The van der Waals surface area contributed by atoms with E-state index in [9.17, 15) is 0 Å². The van der Waals surface area contributed by atoms with Crippen molar-refractivity contribution in [1.82, 2.24) is 0 Å². The summed E-state index contributed by atoms with van der Waals surface area (Å²) in [5, 5.41) is 4.75. The number of rotatable bonds is 17. The molecule has 0 spiro atoms. The van der Waals surface area contributed by atoms with E-state index in [2.05, 4.69) is 46.2 Å². The maximum absolute atomic E-state index is 6.54. The van der Waals surface area contributed by atoms with Gasteiger partial charge in [0.15, 0.2) is 0 Å². The molecule has 3 aromatic rings. The summed E-state index contributed by atoms with van der Waals surface area (Å²) in [5.41, 5.74) is 0. The molecule has 34 heavy (non-hydrogen) atoms. The summed E-state index contributed by atoms with van der Waals surface area (Å²) in [6.07, 6.45) is 15.5. The standard InChI is InChI=1S/C26H37O2S2.3CH3.Sn/c1-3-5-7-9-11-13-17-27-23-21-15-19-30-26(21)24(22-16-20-29-25(22)23)28-18-14-12-10-8-6-4-2;;;;/h15-16,19H,3-14,17-18H2,1-2H3;3*1H3;. The second-order valence-electron chi connectivity index (χ2n) is 10.7. The van der Waals surface area contributed by atoms with Gasteiger partial charge in [0.25, 0.3) is 0 Å². The average molecular weight is 610 g/mol. The first-order chi connectivity index (χ1) is 16.5. The van der Waals surface area contributed by atoms with Gasteiger partial charge in [-0.3, -0.25) is 0 Å². The molecule has 0 saturated carbocycles. The van der Waals surface area contributed by atoms with Crippen molar-refractivity contribution < 1.29 is 9.47 Å². The number of hydrogen-bond acceptors (Lipinski definition) is 4. The molecule has 0 radical (unpaired) electrons. The average Bonchev–Trinajstić information content (AvgIpc) is 3.46. The molecule has 1 aromatic carbocycles. The van der Waals surface area contributed by atoms with Gasteiger partial charge in [0.1, 0.15) is 0 Å². The molecule has 0 unspecified atom stereocenters. The Hall–Kier alpha value is -0.461. The topological polar surface area (TPSA) is 18.5 Å². The van der Waals surface area contributed by atoms with Crippen molar-refractivity contribution in [2.24, 2.45) is 0 Å². The van der Waals surface area contributed by atoms with Crippen LogP contribution in [0.15, 0.2) is 17.5 Å². The molecule has 0 aliphatic rings. The van der Waals surface area contributed by atoms with E-state index in [1.807, 2.05) is 11.3 Å². The summed E-state index contributed by atoms with van der Waals surface area (Å²) in [5.74, 6) is 2.22. The Morgan fingerprint density at radius 1 is 0.676 bits per heavy atom. The van der Waals surface area contributed by atoms with E-state index < -0.39 is 18.4 Å². The molecule has 3 rings (SSSR count). The van der Waals surface area contributed by atoms with Crippen molar-refractivity contribution in [3.05, 3.63) is 17.5 Å². The third kappa shape index (κ3) is 7.77. The zero-order valence-electron chi connectivity index (χ0n) is 22.3. The van der Waals surface area contributed by atoms with Crippen LogP contribution in [0.4, 0.5) is 0 Å².